The summed E-state index contributed by atoms with van der Waals surface area (Å²) in [6, 6.07) is 0. The van der Waals surface area contributed by atoms with E-state index in [1.807, 2.05) is 0 Å². The molecule has 1 spiro atoms. The molecule has 1 atom stereocenters. The van der Waals surface area contributed by atoms with Crippen molar-refractivity contribution in [3.05, 3.63) is 0 Å². The third kappa shape index (κ3) is 2.19. The molecule has 0 amide bonds. The van der Waals surface area contributed by atoms with Crippen LogP contribution in [0, 0.1) is 0 Å². The molecule has 1 heterocycles. The Balaban J connectivity index is 1.89. The molecule has 0 aromatic carbocycles. The first kappa shape index (κ1) is 10.2. The van der Waals surface area contributed by atoms with E-state index in [2.05, 4.69) is 0 Å². The molecule has 0 radical (unpaired) electrons. The molecular formula is C9H13ClO4. The first-order valence-electron chi connectivity index (χ1n) is 4.88. The summed E-state index contributed by atoms with van der Waals surface area (Å²) in [5, 5.41) is 0. The Morgan fingerprint density at radius 1 is 1.36 bits per heavy atom. The summed E-state index contributed by atoms with van der Waals surface area (Å²) in [7, 11) is 0. The van der Waals surface area contributed by atoms with Crippen LogP contribution in [0.3, 0.4) is 0 Å². The Bertz CT molecular complexity index is 225. The van der Waals surface area contributed by atoms with Crippen molar-refractivity contribution in [2.24, 2.45) is 0 Å². The van der Waals surface area contributed by atoms with Crippen molar-refractivity contribution in [1.29, 1.82) is 0 Å². The topological polar surface area (TPSA) is 44.8 Å². The lowest BCUT2D eigenvalue weighted by atomic mass is 9.94. The largest absolute Gasteiger partial charge is 0.421 e. The molecule has 2 aliphatic rings. The van der Waals surface area contributed by atoms with Crippen molar-refractivity contribution in [1.82, 2.24) is 0 Å². The first-order chi connectivity index (χ1) is 6.70. The standard InChI is InChI=1S/C9H13ClO4/c10-8(11)13-7-6-12-9(14-7)4-2-1-3-5-9/h7H,1-6H2/t7-/m0/s1. The van der Waals surface area contributed by atoms with Gasteiger partial charge in [0.1, 0.15) is 6.61 Å². The van der Waals surface area contributed by atoms with Crippen molar-refractivity contribution in [3.63, 3.8) is 0 Å². The minimum atomic E-state index is -0.841. The highest BCUT2D eigenvalue weighted by atomic mass is 35.5. The van der Waals surface area contributed by atoms with E-state index in [1.165, 1.54) is 6.42 Å². The Labute approximate surface area is 87.5 Å². The molecule has 2 fully saturated rings. The van der Waals surface area contributed by atoms with Crippen LogP contribution in [0.5, 0.6) is 0 Å². The summed E-state index contributed by atoms with van der Waals surface area (Å²) in [6.45, 7) is 0.290. The molecule has 5 heteroatoms. The normalized spacial score (nSPS) is 30.5. The molecule has 1 aliphatic carbocycles. The average Bonchev–Trinajstić information content (AvgIpc) is 2.49. The second-order valence-electron chi connectivity index (χ2n) is 3.69. The fraction of sp³-hybridized carbons (Fsp3) is 0.889. The molecular weight excluding hydrogens is 208 g/mol. The van der Waals surface area contributed by atoms with E-state index in [0.29, 0.717) is 6.61 Å². The molecule has 0 aromatic rings. The number of ether oxygens (including phenoxy) is 3. The molecule has 0 bridgehead atoms. The van der Waals surface area contributed by atoms with Crippen LogP contribution in [0.2, 0.25) is 0 Å². The van der Waals surface area contributed by atoms with E-state index in [4.69, 9.17) is 25.8 Å². The highest BCUT2D eigenvalue weighted by Gasteiger charge is 2.43. The van der Waals surface area contributed by atoms with Gasteiger partial charge in [-0.15, -0.1) is 0 Å². The highest BCUT2D eigenvalue weighted by molar-refractivity contribution is 6.61. The molecule has 14 heavy (non-hydrogen) atoms. The predicted octanol–water partition coefficient (Wildman–Crippen LogP) is 2.40. The average molecular weight is 221 g/mol. The van der Waals surface area contributed by atoms with Crippen LogP contribution in [-0.4, -0.2) is 24.1 Å². The van der Waals surface area contributed by atoms with E-state index in [9.17, 15) is 4.79 Å². The maximum atomic E-state index is 10.5. The van der Waals surface area contributed by atoms with Crippen molar-refractivity contribution >= 4 is 17.0 Å². The summed E-state index contributed by atoms with van der Waals surface area (Å²) in [4.78, 5) is 10.5. The van der Waals surface area contributed by atoms with E-state index in [0.717, 1.165) is 25.7 Å². The van der Waals surface area contributed by atoms with E-state index < -0.39 is 17.5 Å². The quantitative estimate of drug-likeness (QED) is 0.637. The molecule has 0 aromatic heterocycles. The second kappa shape index (κ2) is 4.04. The van der Waals surface area contributed by atoms with Gasteiger partial charge >= 0.3 is 5.43 Å². The van der Waals surface area contributed by atoms with Crippen molar-refractivity contribution in [2.75, 3.05) is 6.61 Å². The van der Waals surface area contributed by atoms with Gasteiger partial charge in [-0.2, -0.15) is 0 Å². The molecule has 1 saturated heterocycles. The number of carbonyl (C=O) groups is 1. The van der Waals surface area contributed by atoms with Gasteiger partial charge in [-0.3, -0.25) is 0 Å². The van der Waals surface area contributed by atoms with Crippen molar-refractivity contribution < 1.29 is 19.0 Å². The lowest BCUT2D eigenvalue weighted by Gasteiger charge is -2.31. The maximum absolute atomic E-state index is 10.5. The van der Waals surface area contributed by atoms with Gasteiger partial charge in [0.2, 0.25) is 6.29 Å². The van der Waals surface area contributed by atoms with Crippen LogP contribution < -0.4 is 0 Å². The summed E-state index contributed by atoms with van der Waals surface area (Å²) in [5.74, 6) is -0.505. The fourth-order valence-electron chi connectivity index (χ4n) is 2.04. The molecule has 0 unspecified atom stereocenters. The molecule has 80 valence electrons. The Morgan fingerprint density at radius 3 is 2.71 bits per heavy atom. The smallest absolute Gasteiger partial charge is 0.406 e. The zero-order chi connectivity index (χ0) is 10.0. The minimum absolute atomic E-state index is 0.290. The lowest BCUT2D eigenvalue weighted by molar-refractivity contribution is -0.211. The Morgan fingerprint density at radius 2 is 2.07 bits per heavy atom. The number of hydrogen-bond acceptors (Lipinski definition) is 4. The van der Waals surface area contributed by atoms with Gasteiger partial charge in [0.15, 0.2) is 5.79 Å². The highest BCUT2D eigenvalue weighted by Crippen LogP contribution is 2.37. The van der Waals surface area contributed by atoms with Gasteiger partial charge in [0.25, 0.3) is 0 Å². The van der Waals surface area contributed by atoms with Crippen LogP contribution in [0.4, 0.5) is 4.79 Å². The van der Waals surface area contributed by atoms with Gasteiger partial charge in [-0.25, -0.2) is 4.79 Å². The van der Waals surface area contributed by atoms with Gasteiger partial charge in [0, 0.05) is 24.4 Å². The summed E-state index contributed by atoms with van der Waals surface area (Å²) < 4.78 is 15.8. The summed E-state index contributed by atoms with van der Waals surface area (Å²) >= 11 is 5.09. The summed E-state index contributed by atoms with van der Waals surface area (Å²) in [6.07, 6.45) is 4.54. The monoisotopic (exact) mass is 220 g/mol. The maximum Gasteiger partial charge on any atom is 0.406 e. The molecule has 0 N–H and O–H groups in total. The number of halogens is 1. The summed E-state index contributed by atoms with van der Waals surface area (Å²) in [5.41, 5.74) is -0.841. The van der Waals surface area contributed by atoms with Gasteiger partial charge in [-0.05, 0) is 12.8 Å². The van der Waals surface area contributed by atoms with Crippen LogP contribution in [0.25, 0.3) is 0 Å². The van der Waals surface area contributed by atoms with E-state index in [-0.39, 0.29) is 0 Å². The van der Waals surface area contributed by atoms with Crippen molar-refractivity contribution in [3.8, 4) is 0 Å². The number of rotatable bonds is 1. The Kier molecular flexibility index (Phi) is 2.95. The van der Waals surface area contributed by atoms with Crippen LogP contribution in [0.15, 0.2) is 0 Å². The SMILES string of the molecule is O=C(Cl)O[C@@H]1COC2(CCCCC2)O1. The third-order valence-electron chi connectivity index (χ3n) is 2.67. The number of carbonyl (C=O) groups excluding carboxylic acids is 1. The molecule has 1 saturated carbocycles. The Hall–Kier alpha value is -0.320. The van der Waals surface area contributed by atoms with E-state index in [1.54, 1.807) is 0 Å². The van der Waals surface area contributed by atoms with Gasteiger partial charge < -0.3 is 14.2 Å². The van der Waals surface area contributed by atoms with Gasteiger partial charge in [-0.1, -0.05) is 6.42 Å². The van der Waals surface area contributed by atoms with Crippen LogP contribution in [-0.2, 0) is 14.2 Å². The molecule has 4 nitrogen and oxygen atoms in total. The van der Waals surface area contributed by atoms with Crippen LogP contribution in [0.1, 0.15) is 32.1 Å². The van der Waals surface area contributed by atoms with E-state index >= 15 is 0 Å². The minimum Gasteiger partial charge on any atom is -0.421 e. The zero-order valence-corrected chi connectivity index (χ0v) is 8.59. The van der Waals surface area contributed by atoms with Gasteiger partial charge in [0.05, 0.1) is 0 Å². The van der Waals surface area contributed by atoms with Crippen molar-refractivity contribution in [2.45, 2.75) is 44.2 Å². The third-order valence-corrected chi connectivity index (χ3v) is 2.76. The van der Waals surface area contributed by atoms with Crippen LogP contribution >= 0.6 is 11.6 Å². The number of hydrogen-bond donors (Lipinski definition) is 0. The fourth-order valence-corrected chi connectivity index (χ4v) is 2.14. The molecule has 2 rings (SSSR count). The first-order valence-corrected chi connectivity index (χ1v) is 5.26. The predicted molar refractivity (Wildman–Crippen MR) is 49.0 cm³/mol. The molecule has 1 aliphatic heterocycles. The second-order valence-corrected chi connectivity index (χ2v) is 3.99. The lowest BCUT2D eigenvalue weighted by Crippen LogP contribution is -2.33. The zero-order valence-electron chi connectivity index (χ0n) is 7.83.